The minimum atomic E-state index is -4.27. The summed E-state index contributed by atoms with van der Waals surface area (Å²) in [4.78, 5) is 25.2. The van der Waals surface area contributed by atoms with E-state index >= 15 is 0 Å². The van der Waals surface area contributed by atoms with Gasteiger partial charge in [0, 0.05) is 0 Å². The van der Waals surface area contributed by atoms with Gasteiger partial charge in [0.2, 0.25) is 0 Å². The van der Waals surface area contributed by atoms with E-state index in [0.717, 1.165) is 0 Å². The van der Waals surface area contributed by atoms with Crippen LogP contribution in [-0.2, 0) is 9.47 Å². The molecular weight excluding hydrogens is 442 g/mol. The Labute approximate surface area is 181 Å². The van der Waals surface area contributed by atoms with Gasteiger partial charge in [-0.25, -0.2) is 9.59 Å². The highest BCUT2D eigenvalue weighted by Gasteiger charge is 2.43. The Kier molecular flexibility index (Phi) is 7.39. The molecule has 4 nitrogen and oxygen atoms in total. The lowest BCUT2D eigenvalue weighted by Gasteiger charge is -2.30. The third-order valence-electron chi connectivity index (χ3n) is 6.19. The van der Waals surface area contributed by atoms with Crippen LogP contribution in [0.15, 0.2) is 24.3 Å². The summed E-state index contributed by atoms with van der Waals surface area (Å²) >= 11 is 0. The van der Waals surface area contributed by atoms with Crippen LogP contribution < -0.4 is 0 Å². The Bertz CT molecular complexity index is 736. The van der Waals surface area contributed by atoms with Crippen molar-refractivity contribution in [1.82, 2.24) is 0 Å². The van der Waals surface area contributed by atoms with E-state index in [9.17, 15) is 35.9 Å². The molecule has 0 heterocycles. The highest BCUT2D eigenvalue weighted by atomic mass is 19.4. The van der Waals surface area contributed by atoms with Crippen LogP contribution in [0.5, 0.6) is 0 Å². The fourth-order valence-electron chi connectivity index (χ4n) is 4.28. The first-order valence-electron chi connectivity index (χ1n) is 10.6. The summed E-state index contributed by atoms with van der Waals surface area (Å²) < 4.78 is 87.4. The monoisotopic (exact) mass is 466 g/mol. The van der Waals surface area contributed by atoms with Crippen molar-refractivity contribution in [2.45, 2.75) is 75.9 Å². The molecule has 0 unspecified atom stereocenters. The normalized spacial score (nSPS) is 26.9. The van der Waals surface area contributed by atoms with Crippen molar-refractivity contribution in [2.75, 3.05) is 0 Å². The minimum Gasteiger partial charge on any atom is -0.459 e. The second-order valence-electron chi connectivity index (χ2n) is 8.39. The standard InChI is InChI=1S/C22H24F6O4/c23-21(24,25)13-5-9-15(10-6-13)31-19(29)17-3-1-2-4-18(17)20(30)32-16-11-7-14(8-12-16)22(26,27)28/h1-4,13-16H,5-12H2. The van der Waals surface area contributed by atoms with Crippen molar-refractivity contribution in [3.05, 3.63) is 35.4 Å². The highest BCUT2D eigenvalue weighted by molar-refractivity contribution is 6.03. The average Bonchev–Trinajstić information content (AvgIpc) is 2.73. The molecule has 0 aliphatic heterocycles. The van der Waals surface area contributed by atoms with E-state index in [4.69, 9.17) is 9.47 Å². The number of rotatable bonds is 4. The largest absolute Gasteiger partial charge is 0.459 e. The lowest BCUT2D eigenvalue weighted by atomic mass is 9.87. The first-order chi connectivity index (χ1) is 14.9. The first-order valence-corrected chi connectivity index (χ1v) is 10.6. The van der Waals surface area contributed by atoms with Gasteiger partial charge >= 0.3 is 24.3 Å². The molecule has 1 aromatic carbocycles. The molecule has 0 atom stereocenters. The smallest absolute Gasteiger partial charge is 0.391 e. The molecule has 0 bridgehead atoms. The zero-order valence-electron chi connectivity index (χ0n) is 17.2. The fourth-order valence-corrected chi connectivity index (χ4v) is 4.28. The van der Waals surface area contributed by atoms with Gasteiger partial charge in [0.1, 0.15) is 12.2 Å². The molecule has 0 amide bonds. The van der Waals surface area contributed by atoms with Crippen LogP contribution in [0.2, 0.25) is 0 Å². The summed E-state index contributed by atoms with van der Waals surface area (Å²) in [7, 11) is 0. The molecule has 0 radical (unpaired) electrons. The van der Waals surface area contributed by atoms with E-state index in [1.807, 2.05) is 0 Å². The Hall–Kier alpha value is -2.26. The predicted molar refractivity (Wildman–Crippen MR) is 101 cm³/mol. The Balaban J connectivity index is 1.57. The summed E-state index contributed by atoms with van der Waals surface area (Å²) in [5, 5.41) is 0. The molecular formula is C22H24F6O4. The summed E-state index contributed by atoms with van der Waals surface area (Å²) in [5.74, 6) is -4.50. The van der Waals surface area contributed by atoms with Crippen molar-refractivity contribution >= 4 is 11.9 Å². The van der Waals surface area contributed by atoms with Crippen molar-refractivity contribution in [1.29, 1.82) is 0 Å². The van der Waals surface area contributed by atoms with E-state index in [1.165, 1.54) is 24.3 Å². The van der Waals surface area contributed by atoms with Crippen molar-refractivity contribution in [3.63, 3.8) is 0 Å². The molecule has 10 heteroatoms. The van der Waals surface area contributed by atoms with Crippen molar-refractivity contribution in [3.8, 4) is 0 Å². The maximum Gasteiger partial charge on any atom is 0.391 e. The third-order valence-corrected chi connectivity index (χ3v) is 6.19. The van der Waals surface area contributed by atoms with Gasteiger partial charge in [0.25, 0.3) is 0 Å². The number of carbonyl (C=O) groups excluding carboxylic acids is 2. The second kappa shape index (κ2) is 9.70. The number of halogens is 6. The molecule has 2 fully saturated rings. The summed E-state index contributed by atoms with van der Waals surface area (Å²) in [6.07, 6.45) is -10.1. The maximum atomic E-state index is 12.8. The zero-order chi connectivity index (χ0) is 23.5. The molecule has 2 saturated carbocycles. The van der Waals surface area contributed by atoms with Crippen molar-refractivity contribution < 1.29 is 45.4 Å². The highest BCUT2D eigenvalue weighted by Crippen LogP contribution is 2.39. The zero-order valence-corrected chi connectivity index (χ0v) is 17.2. The quantitative estimate of drug-likeness (QED) is 0.389. The molecule has 2 aliphatic carbocycles. The van der Waals surface area contributed by atoms with E-state index < -0.39 is 48.3 Å². The molecule has 0 spiro atoms. The number of carbonyl (C=O) groups is 2. The van der Waals surface area contributed by atoms with Gasteiger partial charge in [-0.1, -0.05) is 12.1 Å². The molecule has 2 aliphatic rings. The Morgan fingerprint density at radius 3 is 1.22 bits per heavy atom. The van der Waals surface area contributed by atoms with E-state index in [-0.39, 0.29) is 62.5 Å². The van der Waals surface area contributed by atoms with Crippen LogP contribution in [-0.4, -0.2) is 36.5 Å². The number of hydrogen-bond acceptors (Lipinski definition) is 4. The topological polar surface area (TPSA) is 52.6 Å². The van der Waals surface area contributed by atoms with Gasteiger partial charge in [0.05, 0.1) is 23.0 Å². The number of esters is 2. The van der Waals surface area contributed by atoms with Crippen LogP contribution in [0.25, 0.3) is 0 Å². The molecule has 32 heavy (non-hydrogen) atoms. The fraction of sp³-hybridized carbons (Fsp3) is 0.636. The van der Waals surface area contributed by atoms with Crippen LogP contribution in [0.3, 0.4) is 0 Å². The lowest BCUT2D eigenvalue weighted by Crippen LogP contribution is -2.32. The van der Waals surface area contributed by atoms with Gasteiger partial charge in [-0.05, 0) is 63.5 Å². The lowest BCUT2D eigenvalue weighted by molar-refractivity contribution is -0.186. The predicted octanol–water partition coefficient (Wildman–Crippen LogP) is 6.24. The second-order valence-corrected chi connectivity index (χ2v) is 8.39. The van der Waals surface area contributed by atoms with E-state index in [1.54, 1.807) is 0 Å². The number of hydrogen-bond donors (Lipinski definition) is 0. The summed E-state index contributed by atoms with van der Waals surface area (Å²) in [6, 6.07) is 5.70. The summed E-state index contributed by atoms with van der Waals surface area (Å²) in [6.45, 7) is 0. The van der Waals surface area contributed by atoms with Crippen LogP contribution >= 0.6 is 0 Å². The number of benzene rings is 1. The molecule has 1 aromatic rings. The van der Waals surface area contributed by atoms with E-state index in [2.05, 4.69) is 0 Å². The van der Waals surface area contributed by atoms with Crippen molar-refractivity contribution in [2.24, 2.45) is 11.8 Å². The number of alkyl halides is 6. The Morgan fingerprint density at radius 1 is 0.625 bits per heavy atom. The molecule has 0 N–H and O–H groups in total. The maximum absolute atomic E-state index is 12.8. The van der Waals surface area contributed by atoms with Crippen LogP contribution in [0.4, 0.5) is 26.3 Å². The van der Waals surface area contributed by atoms with Gasteiger partial charge in [-0.15, -0.1) is 0 Å². The molecule has 178 valence electrons. The van der Waals surface area contributed by atoms with E-state index in [0.29, 0.717) is 0 Å². The van der Waals surface area contributed by atoms with Gasteiger partial charge in [0.15, 0.2) is 0 Å². The number of ether oxygens (including phenoxy) is 2. The molecule has 0 saturated heterocycles. The minimum absolute atomic E-state index is 0.0744. The van der Waals surface area contributed by atoms with Gasteiger partial charge in [-0.2, -0.15) is 26.3 Å². The average molecular weight is 466 g/mol. The third kappa shape index (κ3) is 6.16. The van der Waals surface area contributed by atoms with Crippen LogP contribution in [0, 0.1) is 11.8 Å². The SMILES string of the molecule is O=C(OC1CCC(C(F)(F)F)CC1)c1ccccc1C(=O)OC1CCC(C(F)(F)F)CC1. The molecule has 3 rings (SSSR count). The summed E-state index contributed by atoms with van der Waals surface area (Å²) in [5.41, 5.74) is -0.168. The first kappa shape index (κ1) is 24.4. The van der Waals surface area contributed by atoms with Gasteiger partial charge < -0.3 is 9.47 Å². The molecule has 0 aromatic heterocycles. The van der Waals surface area contributed by atoms with Gasteiger partial charge in [-0.3, -0.25) is 0 Å². The Morgan fingerprint density at radius 2 is 0.938 bits per heavy atom. The van der Waals surface area contributed by atoms with Crippen LogP contribution in [0.1, 0.15) is 72.1 Å².